The Morgan fingerprint density at radius 3 is 2.41 bits per heavy atom. The molecule has 1 atom stereocenters. The molecule has 1 amide bonds. The quantitative estimate of drug-likeness (QED) is 0.721. The number of carbonyl (C=O) groups excluding carboxylic acids is 1. The molecule has 22 heavy (non-hydrogen) atoms. The molecule has 0 radical (unpaired) electrons. The van der Waals surface area contributed by atoms with Crippen molar-refractivity contribution in [3.63, 3.8) is 0 Å². The summed E-state index contributed by atoms with van der Waals surface area (Å²) < 4.78 is 57.2. The maximum absolute atomic E-state index is 12.4. The highest BCUT2D eigenvalue weighted by molar-refractivity contribution is 5.96. The fourth-order valence-electron chi connectivity index (χ4n) is 1.64. The van der Waals surface area contributed by atoms with Crippen molar-refractivity contribution in [2.24, 2.45) is 5.73 Å². The molecule has 5 nitrogen and oxygen atoms in total. The monoisotopic (exact) mass is 324 g/mol. The number of ether oxygens (including phenoxy) is 2. The van der Waals surface area contributed by atoms with Gasteiger partial charge in [-0.25, -0.2) is 0 Å². The van der Waals surface area contributed by atoms with Gasteiger partial charge in [-0.2, -0.15) is 17.6 Å². The minimum Gasteiger partial charge on any atom is -0.435 e. The van der Waals surface area contributed by atoms with Crippen LogP contribution in [0.15, 0.2) is 18.2 Å². The van der Waals surface area contributed by atoms with E-state index >= 15 is 0 Å². The van der Waals surface area contributed by atoms with Crippen LogP contribution in [0.1, 0.15) is 19.8 Å². The SMILES string of the molecule is CCCC(N)C(=O)Nc1ccc(OC(F)F)cc1OC(F)F. The third-order valence-corrected chi connectivity index (χ3v) is 2.59. The summed E-state index contributed by atoms with van der Waals surface area (Å²) in [7, 11) is 0. The van der Waals surface area contributed by atoms with Gasteiger partial charge in [-0.15, -0.1) is 0 Å². The average molecular weight is 324 g/mol. The molecule has 0 aliphatic rings. The average Bonchev–Trinajstić information content (AvgIpc) is 2.40. The predicted molar refractivity (Wildman–Crippen MR) is 71.2 cm³/mol. The number of alkyl halides is 4. The fourth-order valence-corrected chi connectivity index (χ4v) is 1.64. The summed E-state index contributed by atoms with van der Waals surface area (Å²) in [5.41, 5.74) is 5.49. The van der Waals surface area contributed by atoms with Crippen LogP contribution in [0.4, 0.5) is 23.2 Å². The number of hydrogen-bond acceptors (Lipinski definition) is 4. The number of nitrogens with one attached hydrogen (secondary N) is 1. The highest BCUT2D eigenvalue weighted by Crippen LogP contribution is 2.31. The van der Waals surface area contributed by atoms with Gasteiger partial charge in [-0.1, -0.05) is 13.3 Å². The van der Waals surface area contributed by atoms with E-state index in [1.165, 1.54) is 0 Å². The Hall–Kier alpha value is -2.03. The van der Waals surface area contributed by atoms with Crippen molar-refractivity contribution >= 4 is 11.6 Å². The highest BCUT2D eigenvalue weighted by Gasteiger charge is 2.18. The molecule has 1 aromatic rings. The van der Waals surface area contributed by atoms with Crippen LogP contribution in [0.5, 0.6) is 11.5 Å². The van der Waals surface area contributed by atoms with E-state index in [0.29, 0.717) is 12.8 Å². The molecule has 0 spiro atoms. The minimum atomic E-state index is -3.19. The summed E-state index contributed by atoms with van der Waals surface area (Å²) in [6.45, 7) is -4.48. The molecule has 0 heterocycles. The van der Waals surface area contributed by atoms with Gasteiger partial charge in [0.05, 0.1) is 11.7 Å². The molecule has 1 rings (SSSR count). The Kier molecular flexibility index (Phi) is 6.90. The summed E-state index contributed by atoms with van der Waals surface area (Å²) in [4.78, 5) is 11.8. The number of carbonyl (C=O) groups is 1. The number of halogens is 4. The van der Waals surface area contributed by atoms with Crippen LogP contribution >= 0.6 is 0 Å². The summed E-state index contributed by atoms with van der Waals surface area (Å²) in [6, 6.07) is 2.22. The zero-order valence-electron chi connectivity index (χ0n) is 11.7. The van der Waals surface area contributed by atoms with Crippen molar-refractivity contribution in [2.45, 2.75) is 39.0 Å². The van der Waals surface area contributed by atoms with Crippen molar-refractivity contribution < 1.29 is 31.8 Å². The molecule has 0 aromatic heterocycles. The first-order valence-corrected chi connectivity index (χ1v) is 6.43. The van der Waals surface area contributed by atoms with Gasteiger partial charge in [0.25, 0.3) is 0 Å². The maximum atomic E-state index is 12.4. The molecule has 0 saturated heterocycles. The molecule has 0 aliphatic heterocycles. The number of rotatable bonds is 8. The standard InChI is InChI=1S/C13H16F4N2O3/c1-2-3-8(18)11(20)19-9-5-4-7(21-12(14)15)6-10(9)22-13(16)17/h4-6,8,12-13H,2-3,18H2,1H3,(H,19,20). The largest absolute Gasteiger partial charge is 0.435 e. The third kappa shape index (κ3) is 5.76. The Balaban J connectivity index is 2.94. The zero-order valence-corrected chi connectivity index (χ0v) is 11.7. The summed E-state index contributed by atoms with van der Waals surface area (Å²) >= 11 is 0. The lowest BCUT2D eigenvalue weighted by Gasteiger charge is -2.16. The van der Waals surface area contributed by atoms with Gasteiger partial charge in [-0.3, -0.25) is 4.79 Å². The number of hydrogen-bond donors (Lipinski definition) is 2. The van der Waals surface area contributed by atoms with Crippen LogP contribution in [0.2, 0.25) is 0 Å². The van der Waals surface area contributed by atoms with Gasteiger partial charge >= 0.3 is 13.2 Å². The molecule has 0 bridgehead atoms. The molecule has 1 unspecified atom stereocenters. The predicted octanol–water partition coefficient (Wildman–Crippen LogP) is 2.96. The molecule has 0 aliphatic carbocycles. The maximum Gasteiger partial charge on any atom is 0.387 e. The van der Waals surface area contributed by atoms with Crippen molar-refractivity contribution in [1.82, 2.24) is 0 Å². The topological polar surface area (TPSA) is 73.6 Å². The van der Waals surface area contributed by atoms with Crippen LogP contribution in [0.25, 0.3) is 0 Å². The molecule has 1 aromatic carbocycles. The smallest absolute Gasteiger partial charge is 0.387 e. The van der Waals surface area contributed by atoms with Crippen LogP contribution in [0, 0.1) is 0 Å². The van der Waals surface area contributed by atoms with Crippen molar-refractivity contribution in [3.8, 4) is 11.5 Å². The van der Waals surface area contributed by atoms with Gasteiger partial charge in [0.15, 0.2) is 5.75 Å². The van der Waals surface area contributed by atoms with Crippen LogP contribution in [-0.4, -0.2) is 25.2 Å². The second kappa shape index (κ2) is 8.42. The van der Waals surface area contributed by atoms with E-state index in [1.54, 1.807) is 0 Å². The van der Waals surface area contributed by atoms with E-state index in [-0.39, 0.29) is 11.4 Å². The lowest BCUT2D eigenvalue weighted by Crippen LogP contribution is -2.35. The first-order chi connectivity index (χ1) is 10.3. The molecular weight excluding hydrogens is 308 g/mol. The Labute approximate surface area is 124 Å². The van der Waals surface area contributed by atoms with Gasteiger partial charge in [0.1, 0.15) is 5.75 Å². The Bertz CT molecular complexity index is 500. The second-order valence-electron chi connectivity index (χ2n) is 4.30. The minimum absolute atomic E-state index is 0.113. The lowest BCUT2D eigenvalue weighted by molar-refractivity contribution is -0.117. The first kappa shape index (κ1) is 18.0. The number of benzene rings is 1. The summed E-state index contributed by atoms with van der Waals surface area (Å²) in [6.07, 6.45) is 1.07. The van der Waals surface area contributed by atoms with E-state index in [2.05, 4.69) is 14.8 Å². The number of anilines is 1. The van der Waals surface area contributed by atoms with Crippen molar-refractivity contribution in [1.29, 1.82) is 0 Å². The van der Waals surface area contributed by atoms with E-state index in [9.17, 15) is 22.4 Å². The van der Waals surface area contributed by atoms with Gasteiger partial charge in [0, 0.05) is 6.07 Å². The Morgan fingerprint density at radius 2 is 1.86 bits per heavy atom. The van der Waals surface area contributed by atoms with E-state index in [4.69, 9.17) is 5.73 Å². The lowest BCUT2D eigenvalue weighted by atomic mass is 10.1. The molecule has 124 valence electrons. The molecule has 0 fully saturated rings. The van der Waals surface area contributed by atoms with Crippen LogP contribution in [0.3, 0.4) is 0 Å². The second-order valence-corrected chi connectivity index (χ2v) is 4.30. The van der Waals surface area contributed by atoms with Crippen molar-refractivity contribution in [2.75, 3.05) is 5.32 Å². The summed E-state index contributed by atoms with van der Waals surface area (Å²) in [5, 5.41) is 2.32. The van der Waals surface area contributed by atoms with Gasteiger partial charge in [-0.05, 0) is 18.6 Å². The Morgan fingerprint density at radius 1 is 1.23 bits per heavy atom. The van der Waals surface area contributed by atoms with Gasteiger partial charge in [0.2, 0.25) is 5.91 Å². The van der Waals surface area contributed by atoms with E-state index < -0.39 is 30.9 Å². The highest BCUT2D eigenvalue weighted by atomic mass is 19.3. The van der Waals surface area contributed by atoms with E-state index in [0.717, 1.165) is 18.2 Å². The van der Waals surface area contributed by atoms with Crippen molar-refractivity contribution in [3.05, 3.63) is 18.2 Å². The molecule has 0 saturated carbocycles. The normalized spacial score (nSPS) is 12.4. The first-order valence-electron chi connectivity index (χ1n) is 6.43. The fraction of sp³-hybridized carbons (Fsp3) is 0.462. The third-order valence-electron chi connectivity index (χ3n) is 2.59. The van der Waals surface area contributed by atoms with Crippen LogP contribution in [-0.2, 0) is 4.79 Å². The van der Waals surface area contributed by atoms with E-state index in [1.807, 2.05) is 6.92 Å². The molecular formula is C13H16F4N2O3. The molecule has 9 heteroatoms. The zero-order chi connectivity index (χ0) is 16.7. The number of amides is 1. The van der Waals surface area contributed by atoms with Gasteiger partial charge < -0.3 is 20.5 Å². The molecule has 3 N–H and O–H groups in total. The summed E-state index contributed by atoms with van der Waals surface area (Å²) in [5.74, 6) is -1.46. The van der Waals surface area contributed by atoms with Crippen LogP contribution < -0.4 is 20.5 Å². The number of nitrogens with two attached hydrogens (primary N) is 1.